The lowest BCUT2D eigenvalue weighted by Gasteiger charge is -2.61. The van der Waals surface area contributed by atoms with E-state index in [1.165, 1.54) is 16.7 Å². The largest absolute Gasteiger partial charge is 0.385 e. The van der Waals surface area contributed by atoms with Crippen molar-refractivity contribution < 1.29 is 10.2 Å². The van der Waals surface area contributed by atoms with Crippen LogP contribution >= 0.6 is 0 Å². The number of rotatable bonds is 8. The van der Waals surface area contributed by atoms with Gasteiger partial charge in [-0.05, 0) is 94.2 Å². The Labute approximate surface area is 250 Å². The van der Waals surface area contributed by atoms with Crippen LogP contribution in [0.5, 0.6) is 0 Å². The van der Waals surface area contributed by atoms with Gasteiger partial charge in [-0.25, -0.2) is 0 Å². The molecule has 0 aromatic heterocycles. The second-order valence-corrected chi connectivity index (χ2v) is 12.7. The Morgan fingerprint density at radius 2 is 1.88 bits per heavy atom. The average molecular weight is 562 g/mol. The van der Waals surface area contributed by atoms with Crippen LogP contribution in [0.15, 0.2) is 76.6 Å². The molecule has 5 heteroatoms. The summed E-state index contributed by atoms with van der Waals surface area (Å²) in [5, 5.41) is 24.1. The van der Waals surface area contributed by atoms with Gasteiger partial charge < -0.3 is 15.1 Å². The minimum Gasteiger partial charge on any atom is -0.385 e. The highest BCUT2D eigenvalue weighted by Gasteiger charge is 2.57. The molecule has 2 heterocycles. The quantitative estimate of drug-likeness (QED) is 0.275. The second kappa shape index (κ2) is 14.5. The highest BCUT2D eigenvalue weighted by Crippen LogP contribution is 2.55. The van der Waals surface area contributed by atoms with E-state index in [2.05, 4.69) is 90.8 Å². The number of aliphatic hydroxyl groups is 2. The van der Waals surface area contributed by atoms with Crippen LogP contribution in [0.1, 0.15) is 79.1 Å². The fourth-order valence-electron chi connectivity index (χ4n) is 7.56. The van der Waals surface area contributed by atoms with Crippen LogP contribution < -0.4 is 0 Å². The second-order valence-electron chi connectivity index (χ2n) is 12.7. The van der Waals surface area contributed by atoms with E-state index in [0.717, 1.165) is 96.2 Å². The van der Waals surface area contributed by atoms with Gasteiger partial charge in [0.2, 0.25) is 0 Å². The van der Waals surface area contributed by atoms with E-state index < -0.39 is 11.8 Å². The number of piperazine rings is 1. The standard InChI is InChI=1S/C36H55N3O2/c1-6-9-14-19-31-29(8-3)17-15-12-10-11-13-16-18-30-27-32(40)33(31)34-36(30,28-38-25-23-37(5)24-26-38)21-20-35(4,41)39(34)22-7-2/h9,11-14,16-17,27,32,34,40-41H,6-8,15,18-26,28H2,1-5H3/b14-9-,16-13-,29-17?,33-31+. The maximum absolute atomic E-state index is 12.1. The molecule has 0 amide bonds. The SMILES string of the molecule is CC/C=C\C/C1=C2/C(O)C=C(C/C=C\C=C=CCC=C1CC)C1(CN3CCN(C)CC3)CCC(C)(O)N(CCC)C21. The van der Waals surface area contributed by atoms with Gasteiger partial charge in [0.1, 0.15) is 5.72 Å². The average Bonchev–Trinajstić information content (AvgIpc) is 2.95. The summed E-state index contributed by atoms with van der Waals surface area (Å²) in [5.74, 6) is 0. The van der Waals surface area contributed by atoms with E-state index in [4.69, 9.17) is 0 Å². The van der Waals surface area contributed by atoms with Gasteiger partial charge in [-0.3, -0.25) is 9.80 Å². The smallest absolute Gasteiger partial charge is 0.116 e. The molecule has 0 spiro atoms. The zero-order chi connectivity index (χ0) is 29.5. The summed E-state index contributed by atoms with van der Waals surface area (Å²) in [6, 6.07) is -0.0664. The van der Waals surface area contributed by atoms with Crippen LogP contribution in [0, 0.1) is 5.41 Å². The van der Waals surface area contributed by atoms with Gasteiger partial charge in [-0.2, -0.15) is 0 Å². The van der Waals surface area contributed by atoms with E-state index in [0.29, 0.717) is 0 Å². The van der Waals surface area contributed by atoms with Crippen molar-refractivity contribution in [1.82, 2.24) is 14.7 Å². The molecule has 2 fully saturated rings. The number of allylic oxidation sites excluding steroid dienone is 8. The molecule has 4 unspecified atom stereocenters. The minimum atomic E-state index is -0.924. The first kappa shape index (κ1) is 31.9. The minimum absolute atomic E-state index is 0.0664. The molecule has 2 saturated heterocycles. The van der Waals surface area contributed by atoms with Gasteiger partial charge in [0.05, 0.1) is 6.10 Å². The topological polar surface area (TPSA) is 50.2 Å². The number of aliphatic hydroxyl groups excluding tert-OH is 1. The molecule has 0 aromatic rings. The highest BCUT2D eigenvalue weighted by molar-refractivity contribution is 5.49. The predicted octanol–water partition coefficient (Wildman–Crippen LogP) is 6.15. The van der Waals surface area contributed by atoms with Gasteiger partial charge in [0, 0.05) is 50.7 Å². The lowest BCUT2D eigenvalue weighted by Crippen LogP contribution is -2.68. The Kier molecular flexibility index (Phi) is 11.3. The monoisotopic (exact) mass is 561 g/mol. The van der Waals surface area contributed by atoms with Crippen molar-refractivity contribution in [2.45, 2.75) is 96.9 Å². The van der Waals surface area contributed by atoms with Crippen molar-refractivity contribution in [3.63, 3.8) is 0 Å². The summed E-state index contributed by atoms with van der Waals surface area (Å²) in [7, 11) is 2.22. The molecule has 2 aliphatic heterocycles. The lowest BCUT2D eigenvalue weighted by atomic mass is 9.58. The molecular formula is C36H55N3O2. The third-order valence-electron chi connectivity index (χ3n) is 9.78. The summed E-state index contributed by atoms with van der Waals surface area (Å²) in [6.45, 7) is 14.6. The van der Waals surface area contributed by atoms with E-state index in [1.807, 2.05) is 13.0 Å². The Morgan fingerprint density at radius 1 is 1.10 bits per heavy atom. The summed E-state index contributed by atoms with van der Waals surface area (Å²) in [5.41, 5.74) is 7.23. The molecule has 2 N–H and O–H groups in total. The van der Waals surface area contributed by atoms with E-state index in [-0.39, 0.29) is 11.5 Å². The van der Waals surface area contributed by atoms with E-state index in [9.17, 15) is 10.2 Å². The number of likely N-dealkylation sites (N-methyl/N-ethyl adjacent to an activating group) is 1. The first-order valence-corrected chi connectivity index (χ1v) is 16.2. The number of fused-ring (bicyclic) bond motifs is 5. The van der Waals surface area contributed by atoms with Crippen LogP contribution in [0.3, 0.4) is 0 Å². The third-order valence-corrected chi connectivity index (χ3v) is 9.78. The van der Waals surface area contributed by atoms with Crippen LogP contribution in [0.4, 0.5) is 0 Å². The molecular weight excluding hydrogens is 506 g/mol. The number of piperidine rings is 1. The zero-order valence-electron chi connectivity index (χ0n) is 26.4. The molecule has 41 heavy (non-hydrogen) atoms. The van der Waals surface area contributed by atoms with Gasteiger partial charge in [-0.15, -0.1) is 5.73 Å². The first-order chi connectivity index (χ1) is 19.8. The maximum Gasteiger partial charge on any atom is 0.116 e. The van der Waals surface area contributed by atoms with Crippen molar-refractivity contribution >= 4 is 0 Å². The van der Waals surface area contributed by atoms with Gasteiger partial charge >= 0.3 is 0 Å². The van der Waals surface area contributed by atoms with Crippen molar-refractivity contribution in [1.29, 1.82) is 0 Å². The fourth-order valence-corrected chi connectivity index (χ4v) is 7.56. The Bertz CT molecular complexity index is 1110. The van der Waals surface area contributed by atoms with E-state index in [1.54, 1.807) is 0 Å². The van der Waals surface area contributed by atoms with Crippen LogP contribution in [-0.2, 0) is 0 Å². The normalized spacial score (nSPS) is 34.9. The maximum atomic E-state index is 12.1. The summed E-state index contributed by atoms with van der Waals surface area (Å²) in [6.07, 6.45) is 23.7. The lowest BCUT2D eigenvalue weighted by molar-refractivity contribution is -0.174. The van der Waals surface area contributed by atoms with Gasteiger partial charge in [0.25, 0.3) is 0 Å². The molecule has 0 aromatic carbocycles. The van der Waals surface area contributed by atoms with Crippen molar-refractivity contribution in [2.24, 2.45) is 5.41 Å². The third kappa shape index (κ3) is 7.16. The molecule has 0 radical (unpaired) electrons. The fraction of sp³-hybridized carbons (Fsp3) is 0.639. The molecule has 4 atom stereocenters. The predicted molar refractivity (Wildman–Crippen MR) is 172 cm³/mol. The highest BCUT2D eigenvalue weighted by atomic mass is 16.3. The molecule has 5 nitrogen and oxygen atoms in total. The Hall–Kier alpha value is -1.98. The number of nitrogens with zero attached hydrogens (tertiary/aromatic N) is 3. The first-order valence-electron chi connectivity index (χ1n) is 16.2. The van der Waals surface area contributed by atoms with Crippen molar-refractivity contribution in [3.05, 3.63) is 76.6 Å². The number of hydrogen-bond donors (Lipinski definition) is 2. The molecule has 226 valence electrons. The summed E-state index contributed by atoms with van der Waals surface area (Å²) in [4.78, 5) is 7.46. The van der Waals surface area contributed by atoms with Crippen LogP contribution in [-0.4, -0.2) is 89.1 Å². The van der Waals surface area contributed by atoms with Crippen molar-refractivity contribution in [2.75, 3.05) is 46.3 Å². The zero-order valence-corrected chi connectivity index (χ0v) is 26.4. The summed E-state index contributed by atoms with van der Waals surface area (Å²) >= 11 is 0. The van der Waals surface area contributed by atoms with Crippen LogP contribution in [0.2, 0.25) is 0 Å². The Morgan fingerprint density at radius 3 is 2.59 bits per heavy atom. The molecule has 0 saturated carbocycles. The van der Waals surface area contributed by atoms with Crippen LogP contribution in [0.25, 0.3) is 0 Å². The molecule has 2 bridgehead atoms. The van der Waals surface area contributed by atoms with E-state index >= 15 is 0 Å². The van der Waals surface area contributed by atoms with Gasteiger partial charge in [-0.1, -0.05) is 62.8 Å². The summed E-state index contributed by atoms with van der Waals surface area (Å²) < 4.78 is 0. The molecule has 4 rings (SSSR count). The Balaban J connectivity index is 2.01. The number of likely N-dealkylation sites (tertiary alicyclic amines) is 1. The number of hydrogen-bond acceptors (Lipinski definition) is 5. The van der Waals surface area contributed by atoms with Crippen molar-refractivity contribution in [3.8, 4) is 0 Å². The molecule has 4 aliphatic rings. The van der Waals surface area contributed by atoms with Gasteiger partial charge in [0.15, 0.2) is 0 Å². The molecule has 2 aliphatic carbocycles.